The zero-order chi connectivity index (χ0) is 15.6. The highest BCUT2D eigenvalue weighted by Gasteiger charge is 2.57. The fourth-order valence-corrected chi connectivity index (χ4v) is 3.60. The molecule has 1 spiro atoms. The van der Waals surface area contributed by atoms with Gasteiger partial charge in [-0.2, -0.15) is 0 Å². The summed E-state index contributed by atoms with van der Waals surface area (Å²) in [4.78, 5) is 12.4. The fourth-order valence-electron chi connectivity index (χ4n) is 3.60. The smallest absolute Gasteiger partial charge is 0.223 e. The van der Waals surface area contributed by atoms with E-state index in [1.165, 1.54) is 5.56 Å². The predicted molar refractivity (Wildman–Crippen MR) is 86.8 cm³/mol. The van der Waals surface area contributed by atoms with Crippen LogP contribution in [0.15, 0.2) is 18.2 Å². The minimum atomic E-state index is 0.213. The normalized spacial score (nSPS) is 22.4. The number of hydrogen-bond acceptors (Lipinski definition) is 3. The van der Waals surface area contributed by atoms with Crippen molar-refractivity contribution >= 4 is 5.91 Å². The predicted octanol–water partition coefficient (Wildman–Crippen LogP) is 2.40. The summed E-state index contributed by atoms with van der Waals surface area (Å²) in [5.74, 6) is 1.32. The Morgan fingerprint density at radius 1 is 1.41 bits per heavy atom. The first-order valence-electron chi connectivity index (χ1n) is 8.35. The number of amides is 1. The molecule has 4 nitrogen and oxygen atoms in total. The Morgan fingerprint density at radius 3 is 2.91 bits per heavy atom. The molecule has 3 rings (SSSR count). The Kier molecular flexibility index (Phi) is 4.39. The highest BCUT2D eigenvalue weighted by molar-refractivity contribution is 5.82. The van der Waals surface area contributed by atoms with E-state index in [4.69, 9.17) is 4.74 Å². The lowest BCUT2D eigenvalue weighted by Crippen LogP contribution is -2.33. The van der Waals surface area contributed by atoms with Gasteiger partial charge in [0, 0.05) is 18.0 Å². The quantitative estimate of drug-likeness (QED) is 0.878. The number of hydrogen-bond donors (Lipinski definition) is 2. The lowest BCUT2D eigenvalue weighted by molar-refractivity contribution is -0.123. The average molecular weight is 302 g/mol. The lowest BCUT2D eigenvalue weighted by Gasteiger charge is -2.23. The van der Waals surface area contributed by atoms with Gasteiger partial charge in [-0.25, -0.2) is 0 Å². The van der Waals surface area contributed by atoms with E-state index < -0.39 is 0 Å². The van der Waals surface area contributed by atoms with Crippen LogP contribution in [0, 0.1) is 18.3 Å². The van der Waals surface area contributed by atoms with E-state index in [9.17, 15) is 4.79 Å². The van der Waals surface area contributed by atoms with Crippen molar-refractivity contribution in [3.05, 3.63) is 29.3 Å². The molecule has 1 atom stereocenters. The molecule has 2 fully saturated rings. The maximum absolute atomic E-state index is 12.4. The van der Waals surface area contributed by atoms with Gasteiger partial charge in [0.05, 0.1) is 6.61 Å². The van der Waals surface area contributed by atoms with Crippen LogP contribution in [0.1, 0.15) is 37.3 Å². The molecule has 22 heavy (non-hydrogen) atoms. The van der Waals surface area contributed by atoms with Crippen molar-refractivity contribution in [2.24, 2.45) is 11.3 Å². The standard InChI is InChI=1S/C18H26N2O2/c1-3-22-16-10-13(2)4-5-14(16)12-20-17(21)15-11-18(15)6-8-19-9-7-18/h4-5,10,15,19H,3,6-9,11-12H2,1-2H3,(H,20,21). The van der Waals surface area contributed by atoms with Gasteiger partial charge in [-0.1, -0.05) is 12.1 Å². The molecule has 0 bridgehead atoms. The van der Waals surface area contributed by atoms with Gasteiger partial charge in [-0.3, -0.25) is 4.79 Å². The van der Waals surface area contributed by atoms with E-state index in [1.54, 1.807) is 0 Å². The number of benzene rings is 1. The second-order valence-electron chi connectivity index (χ2n) is 6.63. The summed E-state index contributed by atoms with van der Waals surface area (Å²) in [5, 5.41) is 6.49. The number of piperidine rings is 1. The van der Waals surface area contributed by atoms with E-state index in [-0.39, 0.29) is 11.8 Å². The molecule has 120 valence electrons. The monoisotopic (exact) mass is 302 g/mol. The largest absolute Gasteiger partial charge is 0.494 e. The summed E-state index contributed by atoms with van der Waals surface area (Å²) in [7, 11) is 0. The molecular formula is C18H26N2O2. The average Bonchev–Trinajstić information content (AvgIpc) is 3.20. The molecular weight excluding hydrogens is 276 g/mol. The van der Waals surface area contributed by atoms with E-state index in [0.29, 0.717) is 18.6 Å². The summed E-state index contributed by atoms with van der Waals surface area (Å²) in [6, 6.07) is 6.15. The highest BCUT2D eigenvalue weighted by atomic mass is 16.5. The Morgan fingerprint density at radius 2 is 2.18 bits per heavy atom. The molecule has 1 aliphatic heterocycles. The Labute approximate surface area is 132 Å². The number of nitrogens with one attached hydrogen (secondary N) is 2. The van der Waals surface area contributed by atoms with Crippen molar-refractivity contribution in [2.75, 3.05) is 19.7 Å². The van der Waals surface area contributed by atoms with Gasteiger partial charge in [-0.05, 0) is 63.2 Å². The van der Waals surface area contributed by atoms with Gasteiger partial charge in [-0.15, -0.1) is 0 Å². The van der Waals surface area contributed by atoms with Crippen LogP contribution >= 0.6 is 0 Å². The van der Waals surface area contributed by atoms with Crippen LogP contribution in [-0.2, 0) is 11.3 Å². The molecule has 1 saturated carbocycles. The molecule has 2 aliphatic rings. The van der Waals surface area contributed by atoms with Gasteiger partial charge in [0.2, 0.25) is 5.91 Å². The second kappa shape index (κ2) is 6.29. The summed E-state index contributed by atoms with van der Waals surface area (Å²) in [6.07, 6.45) is 3.34. The van der Waals surface area contributed by atoms with Crippen LogP contribution in [0.3, 0.4) is 0 Å². The fraction of sp³-hybridized carbons (Fsp3) is 0.611. The molecule has 1 unspecified atom stereocenters. The Hall–Kier alpha value is -1.55. The van der Waals surface area contributed by atoms with E-state index >= 15 is 0 Å². The minimum absolute atomic E-state index is 0.213. The molecule has 1 aromatic rings. The van der Waals surface area contributed by atoms with Gasteiger partial charge >= 0.3 is 0 Å². The molecule has 1 aromatic carbocycles. The van der Waals surface area contributed by atoms with Crippen LogP contribution in [0.25, 0.3) is 0 Å². The molecule has 0 radical (unpaired) electrons. The van der Waals surface area contributed by atoms with Crippen molar-refractivity contribution in [1.29, 1.82) is 0 Å². The lowest BCUT2D eigenvalue weighted by atomic mass is 9.92. The highest BCUT2D eigenvalue weighted by Crippen LogP contribution is 2.58. The number of carbonyl (C=O) groups is 1. The third kappa shape index (κ3) is 3.12. The van der Waals surface area contributed by atoms with E-state index in [0.717, 1.165) is 43.7 Å². The van der Waals surface area contributed by atoms with Gasteiger partial charge in [0.15, 0.2) is 0 Å². The maximum atomic E-state index is 12.4. The van der Waals surface area contributed by atoms with Crippen molar-refractivity contribution < 1.29 is 9.53 Å². The van der Waals surface area contributed by atoms with E-state index in [2.05, 4.69) is 23.6 Å². The zero-order valence-electron chi connectivity index (χ0n) is 13.6. The van der Waals surface area contributed by atoms with Crippen molar-refractivity contribution in [2.45, 2.75) is 39.7 Å². The molecule has 2 N–H and O–H groups in total. The van der Waals surface area contributed by atoms with Crippen molar-refractivity contribution in [3.8, 4) is 5.75 Å². The minimum Gasteiger partial charge on any atom is -0.494 e. The first-order valence-corrected chi connectivity index (χ1v) is 8.35. The topological polar surface area (TPSA) is 50.4 Å². The number of ether oxygens (including phenoxy) is 1. The van der Waals surface area contributed by atoms with Gasteiger partial charge in [0.25, 0.3) is 0 Å². The third-order valence-corrected chi connectivity index (χ3v) is 5.08. The Bertz CT molecular complexity index is 550. The molecule has 1 aliphatic carbocycles. The zero-order valence-corrected chi connectivity index (χ0v) is 13.6. The SMILES string of the molecule is CCOc1cc(C)ccc1CNC(=O)C1CC12CCNCC2. The van der Waals surface area contributed by atoms with Gasteiger partial charge in [0.1, 0.15) is 5.75 Å². The summed E-state index contributed by atoms with van der Waals surface area (Å²) >= 11 is 0. The van der Waals surface area contributed by atoms with E-state index in [1.807, 2.05) is 19.1 Å². The van der Waals surface area contributed by atoms with Crippen LogP contribution in [0.4, 0.5) is 0 Å². The molecule has 0 aromatic heterocycles. The third-order valence-electron chi connectivity index (χ3n) is 5.08. The van der Waals surface area contributed by atoms with Crippen LogP contribution in [0.5, 0.6) is 5.75 Å². The van der Waals surface area contributed by atoms with Crippen LogP contribution in [0.2, 0.25) is 0 Å². The van der Waals surface area contributed by atoms with Crippen LogP contribution < -0.4 is 15.4 Å². The molecule has 1 saturated heterocycles. The number of carbonyl (C=O) groups excluding carboxylic acids is 1. The molecule has 1 heterocycles. The number of aryl methyl sites for hydroxylation is 1. The van der Waals surface area contributed by atoms with Crippen molar-refractivity contribution in [3.63, 3.8) is 0 Å². The molecule has 1 amide bonds. The first kappa shape index (κ1) is 15.3. The summed E-state index contributed by atoms with van der Waals surface area (Å²) in [6.45, 7) is 7.33. The van der Waals surface area contributed by atoms with Crippen LogP contribution in [-0.4, -0.2) is 25.6 Å². The first-order chi connectivity index (χ1) is 10.6. The summed E-state index contributed by atoms with van der Waals surface area (Å²) < 4.78 is 5.68. The summed E-state index contributed by atoms with van der Waals surface area (Å²) in [5.41, 5.74) is 2.53. The van der Waals surface area contributed by atoms with Crippen molar-refractivity contribution in [1.82, 2.24) is 10.6 Å². The Balaban J connectivity index is 1.58. The van der Waals surface area contributed by atoms with Gasteiger partial charge < -0.3 is 15.4 Å². The number of rotatable bonds is 5. The second-order valence-corrected chi connectivity index (χ2v) is 6.63. The molecule has 4 heteroatoms. The maximum Gasteiger partial charge on any atom is 0.223 e.